The normalized spacial score (nSPS) is 22.1. The van der Waals surface area contributed by atoms with Crippen LogP contribution in [0.1, 0.15) is 118 Å². The molecule has 1 fully saturated rings. The molecule has 89 heavy (non-hydrogen) atoms. The summed E-state index contributed by atoms with van der Waals surface area (Å²) in [5, 5.41) is 49.6. The van der Waals surface area contributed by atoms with Crippen LogP contribution in [0.2, 0.25) is 0 Å². The number of carbonyl (C=O) groups excluding carboxylic acids is 11. The van der Waals surface area contributed by atoms with E-state index in [1.165, 1.54) is 13.8 Å². The van der Waals surface area contributed by atoms with E-state index in [-0.39, 0.29) is 90.0 Å². The van der Waals surface area contributed by atoms with Crippen LogP contribution in [-0.4, -0.2) is 205 Å². The average molecular weight is 1290 g/mol. The maximum atomic E-state index is 14.5. The number of hydrogen-bond acceptors (Lipinski definition) is 20. The van der Waals surface area contributed by atoms with Crippen LogP contribution in [0.5, 0.6) is 0 Å². The van der Waals surface area contributed by atoms with Crippen molar-refractivity contribution in [3.63, 3.8) is 0 Å². The Balaban J connectivity index is 0.00000759. The highest BCUT2D eigenvalue weighted by Gasteiger charge is 2.37. The molecule has 1 aromatic carbocycles. The molecule has 0 unspecified atom stereocenters. The first kappa shape index (κ1) is 80.0. The lowest BCUT2D eigenvalue weighted by Crippen LogP contribution is -2.62. The minimum absolute atomic E-state index is 0.0181. The molecule has 12 atom stereocenters. The highest BCUT2D eigenvalue weighted by Crippen LogP contribution is 2.12. The van der Waals surface area contributed by atoms with Gasteiger partial charge in [-0.2, -0.15) is 8.42 Å². The van der Waals surface area contributed by atoms with Crippen LogP contribution in [0.15, 0.2) is 30.3 Å². The third kappa shape index (κ3) is 32.3. The van der Waals surface area contributed by atoms with Gasteiger partial charge in [-0.1, -0.05) is 70.9 Å². The van der Waals surface area contributed by atoms with E-state index in [2.05, 4.69) is 72.3 Å². The van der Waals surface area contributed by atoms with E-state index in [0.717, 1.165) is 12.8 Å². The largest absolute Gasteiger partial charge is 0.394 e. The second-order valence-corrected chi connectivity index (χ2v) is 23.3. The average Bonchev–Trinajstić information content (AvgIpc) is 2.22. The zero-order valence-electron chi connectivity index (χ0n) is 51.6. The van der Waals surface area contributed by atoms with Gasteiger partial charge in [0.1, 0.15) is 60.4 Å². The Hall–Kier alpha value is -7.02. The molecule has 2 rings (SSSR count). The van der Waals surface area contributed by atoms with Crippen LogP contribution in [0.3, 0.4) is 0 Å². The number of rotatable bonds is 28. The summed E-state index contributed by atoms with van der Waals surface area (Å²) < 4.78 is 31.6. The monoisotopic (exact) mass is 1290 g/mol. The maximum Gasteiger partial charge on any atom is 0.394 e. The molecular weight excluding hydrogens is 1190 g/mol. The molecule has 34 heteroatoms. The molecule has 0 aromatic heterocycles. The first-order valence-corrected chi connectivity index (χ1v) is 31.1. The SMILES string of the molecule is CC(C)CCCCC(=O)N[C@@H](CCN)C(=O)N[C@H](C(=O)N[C@@H](CCN)C(=O)N[C@H]1CCNC(=O)[C@H]([C@@H](C)O)NC(=O)[C@H](CCN)NC(=O)[C@H](CCN)NC(=O)[C@H](CC(C)C)NC(=O)[C@@H](Cc2ccccc2)NC(=O)[C@@H](CCN)NC1=O)[C@@H](C)O.O=S(=O)(O)O. The Kier molecular flexibility index (Phi) is 37.8. The summed E-state index contributed by atoms with van der Waals surface area (Å²) in [5.74, 6) is -9.52. The Morgan fingerprint density at radius 3 is 1.48 bits per heavy atom. The summed E-state index contributed by atoms with van der Waals surface area (Å²) in [5.41, 5.74) is 29.9. The number of aliphatic hydroxyl groups excluding tert-OH is 2. The number of amides is 11. The fourth-order valence-electron chi connectivity index (χ4n) is 8.98. The first-order valence-electron chi connectivity index (χ1n) is 29.7. The van der Waals surface area contributed by atoms with Crippen LogP contribution in [0, 0.1) is 11.8 Å². The van der Waals surface area contributed by atoms with Gasteiger partial charge in [0.2, 0.25) is 65.0 Å². The first-order chi connectivity index (χ1) is 41.8. The molecule has 1 saturated heterocycles. The van der Waals surface area contributed by atoms with Crippen LogP contribution in [0.4, 0.5) is 0 Å². The maximum absolute atomic E-state index is 14.5. The number of nitrogens with two attached hydrogens (primary N) is 5. The molecule has 0 radical (unpaired) electrons. The smallest absolute Gasteiger partial charge is 0.391 e. The van der Waals surface area contributed by atoms with Gasteiger partial charge in [0.05, 0.1) is 12.2 Å². The van der Waals surface area contributed by atoms with Gasteiger partial charge in [0.25, 0.3) is 0 Å². The van der Waals surface area contributed by atoms with Gasteiger partial charge in [-0.3, -0.25) is 61.8 Å². The highest BCUT2D eigenvalue weighted by molar-refractivity contribution is 7.79. The summed E-state index contributed by atoms with van der Waals surface area (Å²) in [6, 6.07) is -6.23. The Labute approximate surface area is 519 Å². The summed E-state index contributed by atoms with van der Waals surface area (Å²) >= 11 is 0. The van der Waals surface area contributed by atoms with E-state index in [1.54, 1.807) is 44.2 Å². The lowest BCUT2D eigenvalue weighted by Gasteiger charge is -2.29. The Morgan fingerprint density at radius 2 is 1.01 bits per heavy atom. The molecule has 33 nitrogen and oxygen atoms in total. The summed E-state index contributed by atoms with van der Waals surface area (Å²) in [6.07, 6.45) is -2.10. The molecule has 1 aliphatic heterocycles. The number of benzene rings is 1. The molecule has 1 aromatic rings. The van der Waals surface area contributed by atoms with Crippen LogP contribution in [0.25, 0.3) is 0 Å². The predicted octanol–water partition coefficient (Wildman–Crippen LogP) is -6.29. The third-order valence-corrected chi connectivity index (χ3v) is 13.6. The van der Waals surface area contributed by atoms with Crippen molar-refractivity contribution in [3.8, 4) is 0 Å². The summed E-state index contributed by atoms with van der Waals surface area (Å²) in [4.78, 5) is 154. The molecule has 1 aliphatic rings. The van der Waals surface area contributed by atoms with Gasteiger partial charge < -0.3 is 97.4 Å². The van der Waals surface area contributed by atoms with Crippen LogP contribution >= 0.6 is 0 Å². The van der Waals surface area contributed by atoms with Gasteiger partial charge in [0.15, 0.2) is 0 Å². The molecule has 0 saturated carbocycles. The van der Waals surface area contributed by atoms with E-state index >= 15 is 0 Å². The van der Waals surface area contributed by atoms with Crippen molar-refractivity contribution < 1.29 is 80.5 Å². The standard InChI is InChI=1S/C55H96N16O13.H2O4S/c1-30(2)12-10-11-15-43(74)62-35(16-22-56)50(79)71-45(33(6)73)55(84)67-38(19-25-59)47(76)66-40-21-27-61-54(83)44(32(5)72)70-51(80)39(20-26-60)64-46(75)36(17-23-57)65-52(81)41(28-31(3)4)68-53(82)42(29-34-13-8-7-9-14-34)69-48(77)37(18-24-58)63-49(40)78;1-5(2,3)4/h7-9,13-14,30-33,35-42,44-45,72-73H,10-12,15-29,56-60H2,1-6H3,(H,61,83)(H,62,74)(H,63,78)(H,64,75)(H,65,81)(H,66,76)(H,67,84)(H,68,82)(H,69,77)(H,70,80)(H,71,79);(H2,1,2,3,4)/t32-,33-,35+,36+,37-,38+,39+,40+,41+,42-,44+,45+;/m1./s1. The Bertz CT molecular complexity index is 2540. The van der Waals surface area contributed by atoms with Crippen molar-refractivity contribution in [2.45, 2.75) is 191 Å². The van der Waals surface area contributed by atoms with Crippen molar-refractivity contribution >= 4 is 75.4 Å². The number of carbonyl (C=O) groups is 11. The topological polar surface area (TPSA) is 565 Å². The molecular formula is C55H98N16O17S. The van der Waals surface area contributed by atoms with E-state index in [1.807, 2.05) is 0 Å². The van der Waals surface area contributed by atoms with E-state index in [0.29, 0.717) is 17.9 Å². The zero-order chi connectivity index (χ0) is 67.6. The molecule has 0 bridgehead atoms. The lowest BCUT2D eigenvalue weighted by molar-refractivity contribution is -0.137. The van der Waals surface area contributed by atoms with E-state index in [9.17, 15) is 63.0 Å². The van der Waals surface area contributed by atoms with E-state index < -0.39 is 161 Å². The third-order valence-electron chi connectivity index (χ3n) is 13.6. The Morgan fingerprint density at radius 1 is 0.551 bits per heavy atom. The second-order valence-electron chi connectivity index (χ2n) is 22.4. The van der Waals surface area contributed by atoms with Crippen LogP contribution < -0.4 is 87.2 Å². The van der Waals surface area contributed by atoms with Gasteiger partial charge in [-0.05, 0) is 115 Å². The van der Waals surface area contributed by atoms with Crippen molar-refractivity contribution in [2.75, 3.05) is 39.3 Å². The minimum atomic E-state index is -4.67. The molecule has 11 amide bonds. The van der Waals surface area contributed by atoms with Crippen molar-refractivity contribution in [1.29, 1.82) is 0 Å². The molecule has 0 spiro atoms. The molecule has 25 N–H and O–H groups in total. The summed E-state index contributed by atoms with van der Waals surface area (Å²) in [7, 11) is -4.67. The zero-order valence-corrected chi connectivity index (χ0v) is 52.4. The molecule has 506 valence electrons. The van der Waals surface area contributed by atoms with Gasteiger partial charge >= 0.3 is 10.4 Å². The predicted molar refractivity (Wildman–Crippen MR) is 326 cm³/mol. The van der Waals surface area contributed by atoms with Gasteiger partial charge in [0, 0.05) is 19.4 Å². The summed E-state index contributed by atoms with van der Waals surface area (Å²) in [6.45, 7) is 8.92. The highest BCUT2D eigenvalue weighted by atomic mass is 32.3. The number of hydrogen-bond donors (Lipinski definition) is 20. The minimum Gasteiger partial charge on any atom is -0.391 e. The lowest BCUT2D eigenvalue weighted by atomic mass is 10.00. The van der Waals surface area contributed by atoms with Gasteiger partial charge in [-0.25, -0.2) is 0 Å². The van der Waals surface area contributed by atoms with Crippen molar-refractivity contribution in [2.24, 2.45) is 40.5 Å². The van der Waals surface area contributed by atoms with Crippen LogP contribution in [-0.2, 0) is 69.6 Å². The fourth-order valence-corrected chi connectivity index (χ4v) is 8.98. The molecule has 0 aliphatic carbocycles. The quantitative estimate of drug-likeness (QED) is 0.0274. The van der Waals surface area contributed by atoms with Crippen molar-refractivity contribution in [3.05, 3.63) is 35.9 Å². The van der Waals surface area contributed by atoms with Gasteiger partial charge in [-0.15, -0.1) is 0 Å². The molecule has 1 heterocycles. The van der Waals surface area contributed by atoms with E-state index in [4.69, 9.17) is 46.2 Å². The van der Waals surface area contributed by atoms with Crippen molar-refractivity contribution in [1.82, 2.24) is 58.5 Å². The fraction of sp³-hybridized carbons (Fsp3) is 0.691. The second kappa shape index (κ2) is 42.1. The number of unbranched alkanes of at least 4 members (excludes halogenated alkanes) is 1. The number of nitrogens with one attached hydrogen (secondary N) is 11. The number of aliphatic hydroxyl groups is 2.